The second-order valence-corrected chi connectivity index (χ2v) is 4.14. The lowest BCUT2D eigenvalue weighted by atomic mass is 9.97. The third kappa shape index (κ3) is 7.01. The zero-order valence-corrected chi connectivity index (χ0v) is 10.0. The van der Waals surface area contributed by atoms with E-state index in [4.69, 9.17) is 16.0 Å². The van der Waals surface area contributed by atoms with Crippen LogP contribution in [0.25, 0.3) is 0 Å². The Labute approximate surface area is 99.6 Å². The number of hydroxylamine groups is 1. The summed E-state index contributed by atoms with van der Waals surface area (Å²) >= 11 is 0. The molecule has 0 aromatic carbocycles. The molecule has 0 saturated carbocycles. The minimum Gasteiger partial charge on any atom is -0.480 e. The maximum Gasteiger partial charge on any atom is 0.323 e. The number of aliphatic carboxylic acids is 1. The zero-order valence-electron chi connectivity index (χ0n) is 10.0. The second-order valence-electron chi connectivity index (χ2n) is 4.14. The van der Waals surface area contributed by atoms with Gasteiger partial charge in [-0.05, 0) is 26.7 Å². The molecule has 0 spiro atoms. The SMILES string of the molecule is CC(NO)NC/C(F)=C\CCC(C)(N)C(=O)O. The molecular formula is C10H20FN3O3. The van der Waals surface area contributed by atoms with Gasteiger partial charge in [-0.15, -0.1) is 0 Å². The quantitative estimate of drug-likeness (QED) is 0.313. The van der Waals surface area contributed by atoms with Gasteiger partial charge in [-0.2, -0.15) is 5.48 Å². The molecule has 0 aromatic heterocycles. The lowest BCUT2D eigenvalue weighted by Crippen LogP contribution is -2.44. The van der Waals surface area contributed by atoms with E-state index in [1.807, 2.05) is 5.48 Å². The molecule has 0 amide bonds. The molecule has 0 aliphatic carbocycles. The maximum atomic E-state index is 13.2. The summed E-state index contributed by atoms with van der Waals surface area (Å²) in [6.45, 7) is 2.97. The molecule has 2 unspecified atom stereocenters. The lowest BCUT2D eigenvalue weighted by molar-refractivity contribution is -0.142. The van der Waals surface area contributed by atoms with Crippen LogP contribution in [-0.2, 0) is 4.79 Å². The van der Waals surface area contributed by atoms with E-state index in [0.29, 0.717) is 0 Å². The molecule has 2 atom stereocenters. The van der Waals surface area contributed by atoms with Crippen molar-refractivity contribution in [1.82, 2.24) is 10.8 Å². The number of carboxylic acids is 1. The van der Waals surface area contributed by atoms with Gasteiger partial charge in [-0.3, -0.25) is 10.1 Å². The Hall–Kier alpha value is -1.02. The van der Waals surface area contributed by atoms with Gasteiger partial charge in [0.15, 0.2) is 0 Å². The highest BCUT2D eigenvalue weighted by Crippen LogP contribution is 2.11. The van der Waals surface area contributed by atoms with Gasteiger partial charge < -0.3 is 16.0 Å². The highest BCUT2D eigenvalue weighted by molar-refractivity contribution is 5.77. The number of carboxylic acid groups (broad SMARTS) is 1. The third-order valence-electron chi connectivity index (χ3n) is 2.29. The first-order valence-electron chi connectivity index (χ1n) is 5.29. The van der Waals surface area contributed by atoms with E-state index >= 15 is 0 Å². The van der Waals surface area contributed by atoms with Gasteiger partial charge in [0.25, 0.3) is 0 Å². The smallest absolute Gasteiger partial charge is 0.323 e. The number of nitrogens with two attached hydrogens (primary N) is 1. The first kappa shape index (κ1) is 16.0. The van der Waals surface area contributed by atoms with Crippen LogP contribution in [0.2, 0.25) is 0 Å². The molecule has 0 rings (SSSR count). The fourth-order valence-corrected chi connectivity index (χ4v) is 1.00. The van der Waals surface area contributed by atoms with Crippen LogP contribution in [0.4, 0.5) is 4.39 Å². The molecule has 0 heterocycles. The van der Waals surface area contributed by atoms with Crippen LogP contribution < -0.4 is 16.5 Å². The van der Waals surface area contributed by atoms with Crippen molar-refractivity contribution in [1.29, 1.82) is 0 Å². The Bertz CT molecular complexity index is 282. The van der Waals surface area contributed by atoms with Crippen molar-refractivity contribution in [2.75, 3.05) is 6.54 Å². The lowest BCUT2D eigenvalue weighted by Gasteiger charge is -2.17. The number of hydrogen-bond donors (Lipinski definition) is 5. The Morgan fingerprint density at radius 2 is 2.24 bits per heavy atom. The van der Waals surface area contributed by atoms with Crippen molar-refractivity contribution < 1.29 is 19.5 Å². The maximum absolute atomic E-state index is 13.2. The molecule has 0 aliphatic rings. The van der Waals surface area contributed by atoms with E-state index in [1.54, 1.807) is 6.92 Å². The average Bonchev–Trinajstić information content (AvgIpc) is 2.25. The van der Waals surface area contributed by atoms with E-state index in [1.165, 1.54) is 13.0 Å². The number of hydrogen-bond acceptors (Lipinski definition) is 5. The second kappa shape index (κ2) is 7.33. The van der Waals surface area contributed by atoms with Gasteiger partial charge in [0.2, 0.25) is 0 Å². The van der Waals surface area contributed by atoms with Crippen LogP contribution in [0.15, 0.2) is 11.9 Å². The van der Waals surface area contributed by atoms with Crippen molar-refractivity contribution in [3.05, 3.63) is 11.9 Å². The molecule has 7 heteroatoms. The van der Waals surface area contributed by atoms with Crippen LogP contribution in [0.3, 0.4) is 0 Å². The van der Waals surface area contributed by atoms with E-state index in [-0.39, 0.29) is 19.4 Å². The van der Waals surface area contributed by atoms with Crippen molar-refractivity contribution in [2.45, 2.75) is 38.4 Å². The summed E-state index contributed by atoms with van der Waals surface area (Å²) in [6, 6.07) is 0. The van der Waals surface area contributed by atoms with Crippen LogP contribution >= 0.6 is 0 Å². The Balaban J connectivity index is 3.96. The van der Waals surface area contributed by atoms with E-state index < -0.39 is 23.5 Å². The summed E-state index contributed by atoms with van der Waals surface area (Å²) in [5, 5.41) is 19.8. The van der Waals surface area contributed by atoms with Gasteiger partial charge in [0, 0.05) is 6.54 Å². The highest BCUT2D eigenvalue weighted by Gasteiger charge is 2.26. The Morgan fingerprint density at radius 3 is 2.71 bits per heavy atom. The standard InChI is InChI=1S/C10H20FN3O3/c1-7(14-17)13-6-8(11)4-3-5-10(2,12)9(15)16/h4,7,13-14,17H,3,5-6,12H2,1-2H3,(H,15,16)/b8-4+. The van der Waals surface area contributed by atoms with Crippen LogP contribution in [-0.4, -0.2) is 34.5 Å². The monoisotopic (exact) mass is 249 g/mol. The van der Waals surface area contributed by atoms with Crippen LogP contribution in [0.5, 0.6) is 0 Å². The zero-order chi connectivity index (χ0) is 13.5. The fraction of sp³-hybridized carbons (Fsp3) is 0.700. The van der Waals surface area contributed by atoms with Crippen LogP contribution in [0.1, 0.15) is 26.7 Å². The first-order valence-corrected chi connectivity index (χ1v) is 5.29. The van der Waals surface area contributed by atoms with Crippen molar-refractivity contribution >= 4 is 5.97 Å². The number of halogens is 1. The van der Waals surface area contributed by atoms with Crippen molar-refractivity contribution in [3.8, 4) is 0 Å². The molecule has 6 N–H and O–H groups in total. The summed E-state index contributed by atoms with van der Waals surface area (Å²) < 4.78 is 13.2. The number of allylic oxidation sites excluding steroid dienone is 1. The highest BCUT2D eigenvalue weighted by atomic mass is 19.1. The molecule has 0 fully saturated rings. The van der Waals surface area contributed by atoms with Gasteiger partial charge in [-0.25, -0.2) is 4.39 Å². The Morgan fingerprint density at radius 1 is 1.65 bits per heavy atom. The predicted molar refractivity (Wildman–Crippen MR) is 61.0 cm³/mol. The van der Waals surface area contributed by atoms with Gasteiger partial charge in [-0.1, -0.05) is 6.08 Å². The third-order valence-corrected chi connectivity index (χ3v) is 2.29. The average molecular weight is 249 g/mol. The van der Waals surface area contributed by atoms with E-state index in [9.17, 15) is 9.18 Å². The summed E-state index contributed by atoms with van der Waals surface area (Å²) in [4.78, 5) is 10.7. The normalized spacial score (nSPS) is 17.6. The fourth-order valence-electron chi connectivity index (χ4n) is 1.00. The summed E-state index contributed by atoms with van der Waals surface area (Å²) in [6.07, 6.45) is 1.26. The first-order chi connectivity index (χ1) is 7.79. The number of nitrogens with one attached hydrogen (secondary N) is 2. The van der Waals surface area contributed by atoms with Crippen molar-refractivity contribution in [3.63, 3.8) is 0 Å². The minimum absolute atomic E-state index is 0.0386. The summed E-state index contributed by atoms with van der Waals surface area (Å²) in [5.74, 6) is -1.53. The molecule has 0 aliphatic heterocycles. The molecule has 0 bridgehead atoms. The van der Waals surface area contributed by atoms with E-state index in [0.717, 1.165) is 0 Å². The van der Waals surface area contributed by atoms with E-state index in [2.05, 4.69) is 5.32 Å². The van der Waals surface area contributed by atoms with Crippen molar-refractivity contribution in [2.24, 2.45) is 5.73 Å². The largest absolute Gasteiger partial charge is 0.480 e. The summed E-state index contributed by atoms with van der Waals surface area (Å²) in [5.41, 5.74) is 6.05. The topological polar surface area (TPSA) is 108 Å². The summed E-state index contributed by atoms with van der Waals surface area (Å²) in [7, 11) is 0. The molecular weight excluding hydrogens is 229 g/mol. The molecule has 6 nitrogen and oxygen atoms in total. The van der Waals surface area contributed by atoms with Gasteiger partial charge in [0.1, 0.15) is 11.4 Å². The predicted octanol–water partition coefficient (Wildman–Crippen LogP) is 0.336. The molecule has 0 aromatic rings. The molecule has 0 saturated heterocycles. The Kier molecular flexibility index (Phi) is 6.89. The number of rotatable bonds is 8. The molecule has 100 valence electrons. The molecule has 0 radical (unpaired) electrons. The van der Waals surface area contributed by atoms with Crippen LogP contribution in [0, 0.1) is 0 Å². The number of carbonyl (C=O) groups is 1. The van der Waals surface area contributed by atoms with Gasteiger partial charge in [0.05, 0.1) is 6.17 Å². The van der Waals surface area contributed by atoms with Gasteiger partial charge >= 0.3 is 5.97 Å². The minimum atomic E-state index is -1.34. The molecule has 17 heavy (non-hydrogen) atoms.